The van der Waals surface area contributed by atoms with E-state index in [9.17, 15) is 4.79 Å². The molecule has 0 spiro atoms. The Hall–Kier alpha value is -14.8. The lowest BCUT2D eigenvalue weighted by molar-refractivity contribution is 0.0995. The number of hydrogen-bond acceptors (Lipinski definition) is 32. The van der Waals surface area contributed by atoms with Gasteiger partial charge in [0.05, 0.1) is 119 Å². The zero-order chi connectivity index (χ0) is 77.8. The molecule has 0 fully saturated rings. The van der Waals surface area contributed by atoms with Crippen LogP contribution in [0.3, 0.4) is 0 Å². The van der Waals surface area contributed by atoms with E-state index in [1.807, 2.05) is 165 Å². The van der Waals surface area contributed by atoms with E-state index >= 15 is 0 Å². The van der Waals surface area contributed by atoms with Gasteiger partial charge in [0.1, 0.15) is 96.5 Å². The van der Waals surface area contributed by atoms with E-state index in [1.165, 1.54) is 0 Å². The summed E-state index contributed by atoms with van der Waals surface area (Å²) >= 11 is 0. The van der Waals surface area contributed by atoms with Crippen molar-refractivity contribution in [2.75, 3.05) is 65.5 Å². The summed E-state index contributed by atoms with van der Waals surface area (Å²) in [5.74, 6) is 7.98. The lowest BCUT2D eigenvalue weighted by Gasteiger charge is -2.14. The van der Waals surface area contributed by atoms with Gasteiger partial charge in [-0.15, -0.1) is 0 Å². The fraction of sp³-hybridized carbons (Fsp3) is 0.230. The van der Waals surface area contributed by atoms with Crippen LogP contribution in [-0.2, 0) is 52.4 Å². The van der Waals surface area contributed by atoms with Crippen molar-refractivity contribution in [3.63, 3.8) is 0 Å². The third-order valence-electron chi connectivity index (χ3n) is 17.2. The molecule has 0 radical (unpaired) electrons. The number of methoxy groups -OCH3 is 3. The smallest absolute Gasteiger partial charge is 0.267 e. The van der Waals surface area contributed by atoms with Crippen molar-refractivity contribution in [2.24, 2.45) is 5.73 Å². The lowest BCUT2D eigenvalue weighted by atomic mass is 10.1. The van der Waals surface area contributed by atoms with E-state index in [4.69, 9.17) is 61.0 Å². The van der Waals surface area contributed by atoms with Gasteiger partial charge < -0.3 is 101 Å². The molecular weight excluding hydrogens is 1420 g/mol. The first kappa shape index (κ1) is 74.5. The van der Waals surface area contributed by atoms with Crippen LogP contribution in [-0.4, -0.2) is 126 Å². The zero-order valence-corrected chi connectivity index (χ0v) is 62.0. The van der Waals surface area contributed by atoms with E-state index in [1.54, 1.807) is 45.9 Å². The van der Waals surface area contributed by atoms with Gasteiger partial charge in [-0.25, -0.2) is 24.9 Å². The molecule has 1 amide bonds. The van der Waals surface area contributed by atoms with Crippen LogP contribution in [0.1, 0.15) is 90.2 Å². The number of amides is 1. The average molecular weight is 1500 g/mol. The fourth-order valence-corrected chi connectivity index (χ4v) is 12.2. The van der Waals surface area contributed by atoms with Gasteiger partial charge in [0.25, 0.3) is 5.91 Å². The molecule has 0 saturated heterocycles. The van der Waals surface area contributed by atoms with E-state index < -0.39 is 5.91 Å². The Morgan fingerprint density at radius 2 is 0.829 bits per heavy atom. The van der Waals surface area contributed by atoms with Gasteiger partial charge in [-0.2, -0.15) is 19.9 Å². The number of anilines is 8. The van der Waals surface area contributed by atoms with E-state index in [2.05, 4.69) is 106 Å². The van der Waals surface area contributed by atoms with Gasteiger partial charge in [-0.3, -0.25) is 19.7 Å². The number of nitrogens with zero attached hydrogens (tertiary/aromatic N) is 20. The molecule has 0 aliphatic rings. The first-order valence-corrected chi connectivity index (χ1v) is 34.6. The highest BCUT2D eigenvalue weighted by Gasteiger charge is 2.20. The maximum atomic E-state index is 11.4. The monoisotopic (exact) mass is 1500 g/mol. The second kappa shape index (κ2) is 33.3. The Kier molecular flexibility index (Phi) is 22.4. The number of carbonyl (C=O) groups is 1. The van der Waals surface area contributed by atoms with Crippen LogP contribution < -0.4 is 64.1 Å². The lowest BCUT2D eigenvalue weighted by Crippen LogP contribution is -2.14. The molecule has 0 bridgehead atoms. The number of rotatable bonds is 24. The van der Waals surface area contributed by atoms with Gasteiger partial charge in [-0.05, 0) is 102 Å². The van der Waals surface area contributed by atoms with Crippen LogP contribution in [0.5, 0.6) is 17.2 Å². The van der Waals surface area contributed by atoms with Gasteiger partial charge >= 0.3 is 0 Å². The number of nitrogens with one attached hydrogen (secondary N) is 4. The molecule has 14 N–H and O–H groups in total. The predicted molar refractivity (Wildman–Crippen MR) is 413 cm³/mol. The molecule has 0 aromatic carbocycles. The maximum Gasteiger partial charge on any atom is 0.267 e. The number of nitrogens with two attached hydrogens (primary N) is 5. The van der Waals surface area contributed by atoms with Gasteiger partial charge in [-0.1, -0.05) is 26.7 Å². The molecule has 16 rings (SSSR count). The number of pyridine rings is 4. The van der Waals surface area contributed by atoms with Gasteiger partial charge in [0, 0.05) is 72.6 Å². The molecule has 0 unspecified atom stereocenters. The highest BCUT2D eigenvalue weighted by atomic mass is 16.5. The summed E-state index contributed by atoms with van der Waals surface area (Å²) in [4.78, 5) is 63.8. The summed E-state index contributed by atoms with van der Waals surface area (Å²) in [5.41, 5.74) is 43.7. The average Bonchev–Trinajstić information content (AvgIpc) is 1.65. The standard InChI is InChI=1S/C20H23N7O2.C18H18N8O2.2C18H19N7O2/c1-11-8-22-16(13(3)18(11)28-4)10-27-6-5-15-17(27)19(25-20(21)24-15)23-9-14-7-12(2)29-26-14;1-10-7-12(25-28-10)8-21-17-15-13(23-18(20)24-17)5-6-26(15)9-11-3-2-4-14(22-11)16(19)27;1-11-7-13(24-27-11)8-21-17-16-15(22-18(19)23-17)5-6-25(16)10-12-3-4-14(26-2)9-20-12;1-11-8-12(24-27-11)9-21-17-16-13(22-18(19)23-17)5-7-25(16)10-14-15(26-2)4-3-6-20-14/h5-8H,9-10H2,1-4H3,(H3,21,23,24,25);2-7H,8-9H2,1H3,(H2,19,27)(H3,20,21,23,24);3-7,9H,8,10H2,1-2H3,(H3,19,21,22,23);3-8H,9-10H2,1-2H3,(H3,19,21,22,23). The molecule has 0 aliphatic heterocycles. The molecule has 37 heteroatoms. The van der Waals surface area contributed by atoms with Crippen LogP contribution >= 0.6 is 0 Å². The first-order valence-electron chi connectivity index (χ1n) is 34.6. The van der Waals surface area contributed by atoms with Crippen molar-refractivity contribution < 1.29 is 37.1 Å². The molecule has 16 aromatic rings. The molecule has 37 nitrogen and oxygen atoms in total. The number of aryl methyl sites for hydroxylation is 5. The summed E-state index contributed by atoms with van der Waals surface area (Å²) in [6.45, 7) is 15.2. The minimum absolute atomic E-state index is 0.165. The molecule has 0 aliphatic carbocycles. The van der Waals surface area contributed by atoms with Crippen LogP contribution in [0.25, 0.3) is 44.1 Å². The Morgan fingerprint density at radius 3 is 1.20 bits per heavy atom. The van der Waals surface area contributed by atoms with Crippen LogP contribution in [0.2, 0.25) is 0 Å². The second-order valence-electron chi connectivity index (χ2n) is 25.3. The molecule has 16 heterocycles. The number of nitrogen functional groups attached to an aromatic ring is 4. The Labute approximate surface area is 632 Å². The van der Waals surface area contributed by atoms with Crippen LogP contribution in [0.15, 0.2) is 152 Å². The van der Waals surface area contributed by atoms with E-state index in [0.29, 0.717) is 86.8 Å². The number of fused-ring (bicyclic) bond motifs is 4. The summed E-state index contributed by atoms with van der Waals surface area (Å²) < 4.78 is 44.5. The first-order chi connectivity index (χ1) is 53.7. The van der Waals surface area contributed by atoms with Crippen molar-refractivity contribution in [2.45, 2.75) is 93.9 Å². The van der Waals surface area contributed by atoms with Crippen molar-refractivity contribution >= 4 is 97.1 Å². The number of primary amides is 1. The SMILES string of the molecule is COc1c(C)cnc(Cn2ccc3nc(N)nc(NCc4cc(C)on4)c32)c1C.COc1ccc(Cn2ccc3nc(N)nc(NCc4cc(C)on4)c32)nc1.COc1cccnc1Cn1ccc2nc(N)nc(NCc3cc(C)on3)c21.Cc1cc(CNc2nc(N)nc3ccn(Cc4cccc(C(N)=O)n4)c23)no1. The molecule has 568 valence electrons. The van der Waals surface area contributed by atoms with Crippen LogP contribution in [0, 0.1) is 41.5 Å². The third kappa shape index (κ3) is 17.9. The topological polar surface area (TPSA) is 501 Å². The maximum absolute atomic E-state index is 11.4. The van der Waals surface area contributed by atoms with E-state index in [0.717, 1.165) is 130 Å². The third-order valence-corrected chi connectivity index (χ3v) is 17.2. The second-order valence-corrected chi connectivity index (χ2v) is 25.3. The minimum atomic E-state index is -0.569. The minimum Gasteiger partial charge on any atom is -0.496 e. The number of hydrogen-bond donors (Lipinski definition) is 9. The highest BCUT2D eigenvalue weighted by molar-refractivity contribution is 5.92. The van der Waals surface area contributed by atoms with Crippen molar-refractivity contribution in [3.8, 4) is 17.2 Å². The Balaban J connectivity index is 0.000000130. The van der Waals surface area contributed by atoms with E-state index in [-0.39, 0.29) is 29.5 Å². The molecular formula is C74H79N29O8. The summed E-state index contributed by atoms with van der Waals surface area (Å²) in [6.07, 6.45) is 13.0. The number of carbonyl (C=O) groups excluding carboxylic acids is 1. The number of aromatic nitrogens is 20. The quantitative estimate of drug-likeness (QED) is 0.0272. The van der Waals surface area contributed by atoms with Crippen molar-refractivity contribution in [1.29, 1.82) is 0 Å². The number of ether oxygens (including phenoxy) is 3. The molecule has 16 aromatic heterocycles. The Bertz CT molecular complexity index is 5930. The largest absolute Gasteiger partial charge is 0.496 e. The normalized spacial score (nSPS) is 11.1. The highest BCUT2D eigenvalue weighted by Crippen LogP contribution is 2.31. The molecule has 0 saturated carbocycles. The van der Waals surface area contributed by atoms with Gasteiger partial charge in [0.2, 0.25) is 23.8 Å². The fourth-order valence-electron chi connectivity index (χ4n) is 12.2. The van der Waals surface area contributed by atoms with Crippen molar-refractivity contribution in [1.82, 2.24) is 98.7 Å². The summed E-state index contributed by atoms with van der Waals surface area (Å²) in [7, 11) is 4.92. The Morgan fingerprint density at radius 1 is 0.414 bits per heavy atom. The predicted octanol–water partition coefficient (Wildman–Crippen LogP) is 9.20. The molecule has 111 heavy (non-hydrogen) atoms. The molecule has 0 atom stereocenters. The summed E-state index contributed by atoms with van der Waals surface area (Å²) in [6, 6.07) is 27.7. The zero-order valence-electron chi connectivity index (χ0n) is 62.0. The van der Waals surface area contributed by atoms with Crippen molar-refractivity contribution in [3.05, 3.63) is 220 Å². The van der Waals surface area contributed by atoms with Crippen LogP contribution in [0.4, 0.5) is 47.1 Å². The van der Waals surface area contributed by atoms with Gasteiger partial charge in [0.15, 0.2) is 23.3 Å². The summed E-state index contributed by atoms with van der Waals surface area (Å²) in [5, 5.41) is 29.0.